The van der Waals surface area contributed by atoms with Gasteiger partial charge in [-0.3, -0.25) is 0 Å². The molecule has 0 unspecified atom stereocenters. The molecule has 0 saturated carbocycles. The van der Waals surface area contributed by atoms with E-state index >= 15 is 0 Å². The SMILES string of the molecule is C=Cn1cccc1CC. The van der Waals surface area contributed by atoms with Crippen LogP contribution < -0.4 is 0 Å². The molecule has 1 nitrogen and oxygen atoms in total. The van der Waals surface area contributed by atoms with Gasteiger partial charge < -0.3 is 4.57 Å². The van der Waals surface area contributed by atoms with E-state index in [2.05, 4.69) is 19.6 Å². The van der Waals surface area contributed by atoms with Crippen molar-refractivity contribution in [2.45, 2.75) is 13.3 Å². The first-order chi connectivity index (χ1) is 4.38. The Morgan fingerprint density at radius 3 is 3.00 bits per heavy atom. The lowest BCUT2D eigenvalue weighted by Crippen LogP contribution is -1.88. The van der Waals surface area contributed by atoms with Gasteiger partial charge in [0.1, 0.15) is 0 Å². The number of aryl methyl sites for hydroxylation is 1. The highest BCUT2D eigenvalue weighted by Crippen LogP contribution is 2.01. The molecule has 0 amide bonds. The zero-order chi connectivity index (χ0) is 6.69. The quantitative estimate of drug-likeness (QED) is 0.565. The van der Waals surface area contributed by atoms with Gasteiger partial charge in [-0.2, -0.15) is 0 Å². The van der Waals surface area contributed by atoms with Crippen molar-refractivity contribution in [3.05, 3.63) is 30.6 Å². The third-order valence-corrected chi connectivity index (χ3v) is 1.43. The smallest absolute Gasteiger partial charge is 0.0217 e. The van der Waals surface area contributed by atoms with Crippen molar-refractivity contribution in [3.63, 3.8) is 0 Å². The predicted molar refractivity (Wildman–Crippen MR) is 40.2 cm³/mol. The molecule has 0 radical (unpaired) electrons. The first-order valence-corrected chi connectivity index (χ1v) is 3.16. The van der Waals surface area contributed by atoms with E-state index in [1.807, 2.05) is 23.0 Å². The van der Waals surface area contributed by atoms with Crippen LogP contribution in [0.3, 0.4) is 0 Å². The van der Waals surface area contributed by atoms with Crippen LogP contribution in [0.2, 0.25) is 0 Å². The molecule has 0 aliphatic rings. The van der Waals surface area contributed by atoms with Crippen molar-refractivity contribution in [3.8, 4) is 0 Å². The molecule has 1 heterocycles. The fourth-order valence-electron chi connectivity index (χ4n) is 0.907. The summed E-state index contributed by atoms with van der Waals surface area (Å²) >= 11 is 0. The number of rotatable bonds is 2. The Labute approximate surface area is 55.6 Å². The summed E-state index contributed by atoms with van der Waals surface area (Å²) in [6.07, 6.45) is 4.89. The fourth-order valence-corrected chi connectivity index (χ4v) is 0.907. The van der Waals surface area contributed by atoms with E-state index in [0.29, 0.717) is 0 Å². The minimum absolute atomic E-state index is 1.07. The maximum Gasteiger partial charge on any atom is 0.0217 e. The van der Waals surface area contributed by atoms with Gasteiger partial charge in [0.2, 0.25) is 0 Å². The summed E-state index contributed by atoms with van der Waals surface area (Å²) < 4.78 is 2.03. The van der Waals surface area contributed by atoms with Crippen LogP contribution >= 0.6 is 0 Å². The van der Waals surface area contributed by atoms with Gasteiger partial charge in [0.05, 0.1) is 0 Å². The van der Waals surface area contributed by atoms with Gasteiger partial charge in [-0.15, -0.1) is 0 Å². The van der Waals surface area contributed by atoms with Gasteiger partial charge in [-0.25, -0.2) is 0 Å². The van der Waals surface area contributed by atoms with Crippen LogP contribution in [0.1, 0.15) is 12.6 Å². The predicted octanol–water partition coefficient (Wildman–Crippen LogP) is 2.15. The molecule has 0 saturated heterocycles. The Bertz CT molecular complexity index is 198. The number of nitrogens with zero attached hydrogens (tertiary/aromatic N) is 1. The first kappa shape index (κ1) is 6.14. The highest BCUT2D eigenvalue weighted by atomic mass is 14.9. The van der Waals surface area contributed by atoms with Crippen molar-refractivity contribution < 1.29 is 0 Å². The molecule has 0 atom stereocenters. The summed E-state index contributed by atoms with van der Waals surface area (Å²) in [5.74, 6) is 0. The van der Waals surface area contributed by atoms with E-state index in [0.717, 1.165) is 6.42 Å². The highest BCUT2D eigenvalue weighted by Gasteiger charge is 1.90. The normalized spacial score (nSPS) is 9.44. The van der Waals surface area contributed by atoms with E-state index in [-0.39, 0.29) is 0 Å². The van der Waals surface area contributed by atoms with Crippen molar-refractivity contribution in [2.24, 2.45) is 0 Å². The van der Waals surface area contributed by atoms with Crippen LogP contribution in [0.5, 0.6) is 0 Å². The van der Waals surface area contributed by atoms with Gasteiger partial charge >= 0.3 is 0 Å². The molecular weight excluding hydrogens is 110 g/mol. The van der Waals surface area contributed by atoms with Crippen LogP contribution in [0.4, 0.5) is 0 Å². The molecule has 9 heavy (non-hydrogen) atoms. The molecule has 1 aromatic heterocycles. The molecule has 0 aliphatic carbocycles. The maximum atomic E-state index is 3.67. The van der Waals surface area contributed by atoms with Gasteiger partial charge in [-0.1, -0.05) is 13.5 Å². The van der Waals surface area contributed by atoms with Crippen LogP contribution in [0, 0.1) is 0 Å². The molecule has 1 aromatic rings. The second-order valence-corrected chi connectivity index (χ2v) is 1.94. The molecule has 0 bridgehead atoms. The van der Waals surface area contributed by atoms with E-state index in [4.69, 9.17) is 0 Å². The average Bonchev–Trinajstić information content (AvgIpc) is 2.33. The van der Waals surface area contributed by atoms with Crippen molar-refractivity contribution in [1.82, 2.24) is 4.57 Å². The van der Waals surface area contributed by atoms with Crippen LogP contribution in [-0.2, 0) is 6.42 Å². The van der Waals surface area contributed by atoms with Crippen molar-refractivity contribution >= 4 is 6.20 Å². The van der Waals surface area contributed by atoms with Crippen molar-refractivity contribution in [1.29, 1.82) is 0 Å². The third kappa shape index (κ3) is 1.04. The Balaban J connectivity index is 2.98. The Kier molecular flexibility index (Phi) is 1.73. The largest absolute Gasteiger partial charge is 0.328 e. The minimum atomic E-state index is 1.07. The summed E-state index contributed by atoms with van der Waals surface area (Å²) in [5, 5.41) is 0. The average molecular weight is 121 g/mol. The molecule has 0 aromatic carbocycles. The second kappa shape index (κ2) is 2.53. The Morgan fingerprint density at radius 2 is 2.56 bits per heavy atom. The molecule has 0 spiro atoms. The highest BCUT2D eigenvalue weighted by molar-refractivity contribution is 5.24. The summed E-state index contributed by atoms with van der Waals surface area (Å²) in [6, 6.07) is 4.13. The standard InChI is InChI=1S/C8H11N/c1-3-8-6-5-7-9(8)4-2/h4-7H,2-3H2,1H3. The van der Waals surface area contributed by atoms with E-state index in [9.17, 15) is 0 Å². The number of hydrogen-bond acceptors (Lipinski definition) is 0. The maximum absolute atomic E-state index is 3.67. The summed E-state index contributed by atoms with van der Waals surface area (Å²) in [5.41, 5.74) is 1.31. The van der Waals surface area contributed by atoms with Gasteiger partial charge in [0, 0.05) is 18.1 Å². The number of hydrogen-bond donors (Lipinski definition) is 0. The fraction of sp³-hybridized carbons (Fsp3) is 0.250. The molecule has 1 rings (SSSR count). The van der Waals surface area contributed by atoms with Gasteiger partial charge in [0.15, 0.2) is 0 Å². The molecule has 48 valence electrons. The molecule has 0 aliphatic heterocycles. The minimum Gasteiger partial charge on any atom is -0.328 e. The molecule has 0 fully saturated rings. The van der Waals surface area contributed by atoms with E-state index in [1.54, 1.807) is 0 Å². The first-order valence-electron chi connectivity index (χ1n) is 3.16. The van der Waals surface area contributed by atoms with Crippen LogP contribution in [0.25, 0.3) is 6.20 Å². The topological polar surface area (TPSA) is 4.93 Å². The zero-order valence-corrected chi connectivity index (χ0v) is 5.67. The van der Waals surface area contributed by atoms with E-state index in [1.165, 1.54) is 5.69 Å². The van der Waals surface area contributed by atoms with Gasteiger partial charge in [-0.05, 0) is 18.6 Å². The van der Waals surface area contributed by atoms with Crippen molar-refractivity contribution in [2.75, 3.05) is 0 Å². The zero-order valence-electron chi connectivity index (χ0n) is 5.67. The lowest BCUT2D eigenvalue weighted by molar-refractivity contribution is 0.980. The molecular formula is C8H11N. The van der Waals surface area contributed by atoms with E-state index < -0.39 is 0 Å². The lowest BCUT2D eigenvalue weighted by atomic mass is 10.3. The second-order valence-electron chi connectivity index (χ2n) is 1.94. The summed E-state index contributed by atoms with van der Waals surface area (Å²) in [6.45, 7) is 5.81. The third-order valence-electron chi connectivity index (χ3n) is 1.43. The monoisotopic (exact) mass is 121 g/mol. The Hall–Kier alpha value is -0.980. The lowest BCUT2D eigenvalue weighted by Gasteiger charge is -1.96. The Morgan fingerprint density at radius 1 is 1.78 bits per heavy atom. The van der Waals surface area contributed by atoms with Gasteiger partial charge in [0.25, 0.3) is 0 Å². The number of aromatic nitrogens is 1. The molecule has 0 N–H and O–H groups in total. The summed E-state index contributed by atoms with van der Waals surface area (Å²) in [7, 11) is 0. The molecule has 1 heteroatoms. The van der Waals surface area contributed by atoms with Crippen LogP contribution in [0.15, 0.2) is 24.9 Å². The summed E-state index contributed by atoms with van der Waals surface area (Å²) in [4.78, 5) is 0. The van der Waals surface area contributed by atoms with Crippen LogP contribution in [-0.4, -0.2) is 4.57 Å².